The minimum atomic E-state index is -5.36. The number of hydrogen-bond acceptors (Lipinski definition) is 2. The van der Waals surface area contributed by atoms with Gasteiger partial charge in [0.15, 0.2) is 0 Å². The Labute approximate surface area is 85.0 Å². The number of hydrogen-bond donors (Lipinski definition) is 1. The van der Waals surface area contributed by atoms with Crippen LogP contribution in [-0.4, -0.2) is 13.9 Å². The van der Waals surface area contributed by atoms with E-state index in [0.29, 0.717) is 0 Å². The summed E-state index contributed by atoms with van der Waals surface area (Å²) in [5.74, 6) is 0. The summed E-state index contributed by atoms with van der Waals surface area (Å²) in [6.45, 7) is 3.39. The van der Waals surface area contributed by atoms with Crippen LogP contribution in [-0.2, 0) is 10.0 Å². The minimum Gasteiger partial charge on any atom is -0.276 e. The Morgan fingerprint density at radius 3 is 2.20 bits per heavy atom. The molecule has 83 valence electrons. The SMILES string of the molecule is [CH2]c1ccccc1NS(=O)(=O)C(F)(F)F. The molecule has 0 bridgehead atoms. The lowest BCUT2D eigenvalue weighted by Crippen LogP contribution is -2.30. The van der Waals surface area contributed by atoms with E-state index in [1.54, 1.807) is 0 Å². The van der Waals surface area contributed by atoms with Gasteiger partial charge in [-0.2, -0.15) is 21.6 Å². The number of nitrogens with one attached hydrogen (secondary N) is 1. The Morgan fingerprint density at radius 1 is 1.20 bits per heavy atom. The van der Waals surface area contributed by atoms with Gasteiger partial charge in [0.1, 0.15) is 0 Å². The van der Waals surface area contributed by atoms with Crippen LogP contribution in [0.25, 0.3) is 0 Å². The molecule has 1 N–H and O–H groups in total. The zero-order valence-corrected chi connectivity index (χ0v) is 8.19. The normalized spacial score (nSPS) is 12.5. The fourth-order valence-corrected chi connectivity index (χ4v) is 1.43. The Kier molecular flexibility index (Phi) is 2.94. The van der Waals surface area contributed by atoms with Crippen molar-refractivity contribution in [3.63, 3.8) is 0 Å². The molecule has 1 rings (SSSR count). The Hall–Kier alpha value is -1.24. The molecule has 0 unspecified atom stereocenters. The molecule has 0 atom stereocenters. The maximum absolute atomic E-state index is 12.0. The van der Waals surface area contributed by atoms with Crippen LogP contribution in [0.2, 0.25) is 0 Å². The summed E-state index contributed by atoms with van der Waals surface area (Å²) in [6.07, 6.45) is 0. The van der Waals surface area contributed by atoms with Crippen LogP contribution in [0, 0.1) is 6.92 Å². The summed E-state index contributed by atoms with van der Waals surface area (Å²) >= 11 is 0. The van der Waals surface area contributed by atoms with E-state index < -0.39 is 15.5 Å². The summed E-state index contributed by atoms with van der Waals surface area (Å²) in [4.78, 5) is 0. The molecule has 0 heterocycles. The third-order valence-electron chi connectivity index (χ3n) is 1.57. The van der Waals surface area contributed by atoms with E-state index in [1.165, 1.54) is 29.0 Å². The Bertz CT molecular complexity index is 453. The third kappa shape index (κ3) is 2.62. The van der Waals surface area contributed by atoms with Crippen molar-refractivity contribution in [1.82, 2.24) is 0 Å². The van der Waals surface area contributed by atoms with Gasteiger partial charge >= 0.3 is 15.5 Å². The first-order chi connectivity index (χ1) is 6.74. The quantitative estimate of drug-likeness (QED) is 0.857. The van der Waals surface area contributed by atoms with E-state index >= 15 is 0 Å². The Morgan fingerprint density at radius 2 is 1.73 bits per heavy atom. The van der Waals surface area contributed by atoms with Crippen molar-refractivity contribution in [2.75, 3.05) is 4.72 Å². The van der Waals surface area contributed by atoms with Gasteiger partial charge in [-0.25, -0.2) is 0 Å². The standard InChI is InChI=1S/C8H7F3NO2S/c1-6-4-2-3-5-7(6)12-15(13,14)8(9,10)11/h2-5,12H,1H2. The highest BCUT2D eigenvalue weighted by atomic mass is 32.2. The van der Waals surface area contributed by atoms with Crippen LogP contribution in [0.15, 0.2) is 24.3 Å². The monoisotopic (exact) mass is 238 g/mol. The fourth-order valence-electron chi connectivity index (χ4n) is 0.822. The number of benzene rings is 1. The van der Waals surface area contributed by atoms with Crippen molar-refractivity contribution in [1.29, 1.82) is 0 Å². The first kappa shape index (κ1) is 11.8. The molecule has 1 aromatic carbocycles. The first-order valence-corrected chi connectivity index (χ1v) is 5.22. The zero-order chi connectivity index (χ0) is 11.7. The van der Waals surface area contributed by atoms with Crippen molar-refractivity contribution in [2.45, 2.75) is 5.51 Å². The van der Waals surface area contributed by atoms with Crippen molar-refractivity contribution >= 4 is 15.7 Å². The molecule has 0 aliphatic rings. The third-order valence-corrected chi connectivity index (χ3v) is 2.66. The van der Waals surface area contributed by atoms with Crippen molar-refractivity contribution < 1.29 is 21.6 Å². The maximum atomic E-state index is 12.0. The van der Waals surface area contributed by atoms with E-state index in [4.69, 9.17) is 0 Å². The maximum Gasteiger partial charge on any atom is 0.516 e. The molecular weight excluding hydrogens is 231 g/mol. The van der Waals surface area contributed by atoms with Gasteiger partial charge in [-0.3, -0.25) is 4.72 Å². The average molecular weight is 238 g/mol. The summed E-state index contributed by atoms with van der Waals surface area (Å²) < 4.78 is 58.8. The minimum absolute atomic E-state index is 0.172. The lowest BCUT2D eigenvalue weighted by Gasteiger charge is -2.11. The highest BCUT2D eigenvalue weighted by molar-refractivity contribution is 7.93. The molecule has 0 saturated carbocycles. The number of anilines is 1. The molecule has 0 aliphatic heterocycles. The molecule has 0 saturated heterocycles. The summed E-state index contributed by atoms with van der Waals surface area (Å²) in [7, 11) is -5.36. The van der Waals surface area contributed by atoms with E-state index in [2.05, 4.69) is 6.92 Å². The van der Waals surface area contributed by atoms with Gasteiger partial charge in [-0.15, -0.1) is 0 Å². The molecule has 3 nitrogen and oxygen atoms in total. The topological polar surface area (TPSA) is 46.2 Å². The fraction of sp³-hybridized carbons (Fsp3) is 0.125. The van der Waals surface area contributed by atoms with Gasteiger partial charge in [-0.1, -0.05) is 18.2 Å². The van der Waals surface area contributed by atoms with Crippen molar-refractivity contribution in [2.24, 2.45) is 0 Å². The number of halogens is 3. The number of alkyl halides is 3. The molecule has 0 amide bonds. The second-order valence-corrected chi connectivity index (χ2v) is 4.38. The van der Waals surface area contributed by atoms with Crippen LogP contribution in [0.4, 0.5) is 18.9 Å². The van der Waals surface area contributed by atoms with Gasteiger partial charge in [0.25, 0.3) is 0 Å². The lowest BCUT2D eigenvalue weighted by atomic mass is 10.2. The molecule has 0 spiro atoms. The van der Waals surface area contributed by atoms with Crippen molar-refractivity contribution in [3.8, 4) is 0 Å². The largest absolute Gasteiger partial charge is 0.516 e. The van der Waals surface area contributed by atoms with Gasteiger partial charge in [0, 0.05) is 0 Å². The predicted molar refractivity (Wildman–Crippen MR) is 49.5 cm³/mol. The summed E-state index contributed by atoms with van der Waals surface area (Å²) in [5, 5.41) is 0. The van der Waals surface area contributed by atoms with Gasteiger partial charge in [0.05, 0.1) is 5.69 Å². The molecule has 0 aromatic heterocycles. The predicted octanol–water partition coefficient (Wildman–Crippen LogP) is 2.13. The zero-order valence-electron chi connectivity index (χ0n) is 7.38. The lowest BCUT2D eigenvalue weighted by molar-refractivity contribution is -0.0429. The second-order valence-electron chi connectivity index (χ2n) is 2.71. The van der Waals surface area contributed by atoms with Crippen molar-refractivity contribution in [3.05, 3.63) is 36.8 Å². The number of para-hydroxylation sites is 1. The van der Waals surface area contributed by atoms with E-state index in [1.807, 2.05) is 0 Å². The number of sulfonamides is 1. The average Bonchev–Trinajstić information content (AvgIpc) is 2.06. The highest BCUT2D eigenvalue weighted by Gasteiger charge is 2.46. The van der Waals surface area contributed by atoms with E-state index in [0.717, 1.165) is 0 Å². The van der Waals surface area contributed by atoms with Crippen LogP contribution in [0.1, 0.15) is 5.56 Å². The second kappa shape index (κ2) is 3.73. The van der Waals surface area contributed by atoms with Crippen LogP contribution in [0.5, 0.6) is 0 Å². The summed E-state index contributed by atoms with van der Waals surface area (Å²) in [6, 6.07) is 5.54. The van der Waals surface area contributed by atoms with Crippen LogP contribution >= 0.6 is 0 Å². The van der Waals surface area contributed by atoms with Crippen LogP contribution < -0.4 is 4.72 Å². The number of rotatable bonds is 2. The molecule has 0 fully saturated rings. The molecule has 0 aliphatic carbocycles. The van der Waals surface area contributed by atoms with Gasteiger partial charge < -0.3 is 0 Å². The molecule has 15 heavy (non-hydrogen) atoms. The van der Waals surface area contributed by atoms with Gasteiger partial charge in [0.2, 0.25) is 0 Å². The highest BCUT2D eigenvalue weighted by Crippen LogP contribution is 2.26. The summed E-state index contributed by atoms with van der Waals surface area (Å²) in [5.41, 5.74) is -5.34. The van der Waals surface area contributed by atoms with Crippen LogP contribution in [0.3, 0.4) is 0 Å². The van der Waals surface area contributed by atoms with E-state index in [9.17, 15) is 21.6 Å². The molecule has 1 aromatic rings. The molecule has 1 radical (unpaired) electrons. The molecular formula is C8H7F3NO2S. The smallest absolute Gasteiger partial charge is 0.276 e. The first-order valence-electron chi connectivity index (χ1n) is 3.74. The Balaban J connectivity index is 3.03. The van der Waals surface area contributed by atoms with E-state index in [-0.39, 0.29) is 11.3 Å². The van der Waals surface area contributed by atoms with Gasteiger partial charge in [-0.05, 0) is 18.6 Å². The molecule has 7 heteroatoms.